The Hall–Kier alpha value is -2.34. The Morgan fingerprint density at radius 1 is 1.24 bits per heavy atom. The van der Waals surface area contributed by atoms with E-state index in [2.05, 4.69) is 5.32 Å². The van der Waals surface area contributed by atoms with E-state index >= 15 is 0 Å². The van der Waals surface area contributed by atoms with Gasteiger partial charge in [0.25, 0.3) is 5.91 Å². The topological polar surface area (TPSA) is 49.4 Å². The molecular formula is C19H19FN2O2S. The second-order valence-corrected chi connectivity index (χ2v) is 6.81. The van der Waals surface area contributed by atoms with Crippen molar-refractivity contribution in [3.63, 3.8) is 0 Å². The number of benzene rings is 2. The lowest BCUT2D eigenvalue weighted by Gasteiger charge is -2.17. The molecule has 0 bridgehead atoms. The van der Waals surface area contributed by atoms with Gasteiger partial charge in [0.15, 0.2) is 0 Å². The van der Waals surface area contributed by atoms with E-state index in [9.17, 15) is 14.0 Å². The zero-order valence-electron chi connectivity index (χ0n) is 13.9. The normalized spacial score (nSPS) is 17.0. The van der Waals surface area contributed by atoms with Gasteiger partial charge in [-0.25, -0.2) is 4.39 Å². The third-order valence-electron chi connectivity index (χ3n) is 4.25. The van der Waals surface area contributed by atoms with E-state index in [-0.39, 0.29) is 23.5 Å². The summed E-state index contributed by atoms with van der Waals surface area (Å²) >= 11 is 1.53. The number of thioether (sulfide) groups is 1. The van der Waals surface area contributed by atoms with Gasteiger partial charge in [-0.3, -0.25) is 9.59 Å². The van der Waals surface area contributed by atoms with Crippen molar-refractivity contribution in [3.8, 4) is 0 Å². The summed E-state index contributed by atoms with van der Waals surface area (Å²) in [6.07, 6.45) is 2.31. The molecule has 2 aromatic rings. The molecule has 1 saturated heterocycles. The summed E-state index contributed by atoms with van der Waals surface area (Å²) < 4.78 is 13.0. The first-order valence-electron chi connectivity index (χ1n) is 8.05. The van der Waals surface area contributed by atoms with Crippen LogP contribution in [0.3, 0.4) is 0 Å². The first kappa shape index (κ1) is 17.5. The minimum absolute atomic E-state index is 0.00429. The molecule has 1 fully saturated rings. The Kier molecular flexibility index (Phi) is 5.38. The van der Waals surface area contributed by atoms with Crippen LogP contribution in [0.15, 0.2) is 53.4 Å². The Morgan fingerprint density at radius 2 is 1.96 bits per heavy atom. The van der Waals surface area contributed by atoms with Crippen molar-refractivity contribution in [2.75, 3.05) is 24.2 Å². The summed E-state index contributed by atoms with van der Waals surface area (Å²) in [5.74, 6) is -0.414. The molecule has 1 aliphatic rings. The lowest BCUT2D eigenvalue weighted by atomic mass is 10.1. The van der Waals surface area contributed by atoms with Crippen LogP contribution in [-0.2, 0) is 4.79 Å². The van der Waals surface area contributed by atoms with Gasteiger partial charge in [0.2, 0.25) is 5.91 Å². The van der Waals surface area contributed by atoms with Crippen LogP contribution in [0.2, 0.25) is 0 Å². The molecule has 0 aromatic heterocycles. The summed E-state index contributed by atoms with van der Waals surface area (Å²) in [6, 6.07) is 13.3. The molecule has 2 amide bonds. The number of hydrogen-bond acceptors (Lipinski definition) is 3. The summed E-state index contributed by atoms with van der Waals surface area (Å²) in [7, 11) is 0. The fraction of sp³-hybridized carbons (Fsp3) is 0.263. The number of carbonyl (C=O) groups is 2. The third-order valence-corrected chi connectivity index (χ3v) is 5.04. The van der Waals surface area contributed by atoms with E-state index in [1.165, 1.54) is 23.9 Å². The van der Waals surface area contributed by atoms with Crippen LogP contribution in [-0.4, -0.2) is 31.2 Å². The minimum Gasteiger partial charge on any atom is -0.352 e. The molecule has 4 nitrogen and oxygen atoms in total. The first-order chi connectivity index (χ1) is 12.1. The highest BCUT2D eigenvalue weighted by Gasteiger charge is 2.30. The second-order valence-electron chi connectivity index (χ2n) is 5.96. The zero-order chi connectivity index (χ0) is 17.8. The molecule has 0 spiro atoms. The number of rotatable bonds is 5. The summed E-state index contributed by atoms with van der Waals surface area (Å²) in [4.78, 5) is 27.2. The van der Waals surface area contributed by atoms with Gasteiger partial charge in [0.05, 0.1) is 5.56 Å². The SMILES string of the molecule is CSc1ccccc1C(=O)NC[C@@H]1CC(=O)N(c2ccc(F)cc2)C1. The highest BCUT2D eigenvalue weighted by atomic mass is 32.2. The van der Waals surface area contributed by atoms with Crippen LogP contribution in [0.4, 0.5) is 10.1 Å². The van der Waals surface area contributed by atoms with E-state index in [0.29, 0.717) is 30.8 Å². The third kappa shape index (κ3) is 4.02. The molecule has 1 N–H and O–H groups in total. The molecule has 1 aliphatic heterocycles. The minimum atomic E-state index is -0.327. The molecule has 1 atom stereocenters. The van der Waals surface area contributed by atoms with Gasteiger partial charge in [-0.2, -0.15) is 0 Å². The first-order valence-corrected chi connectivity index (χ1v) is 9.28. The fourth-order valence-corrected chi connectivity index (χ4v) is 3.55. The van der Waals surface area contributed by atoms with E-state index < -0.39 is 0 Å². The average Bonchev–Trinajstić information content (AvgIpc) is 3.01. The van der Waals surface area contributed by atoms with Crippen molar-refractivity contribution >= 4 is 29.3 Å². The number of hydrogen-bond donors (Lipinski definition) is 1. The highest BCUT2D eigenvalue weighted by Crippen LogP contribution is 2.25. The predicted molar refractivity (Wildman–Crippen MR) is 97.4 cm³/mol. The molecule has 0 saturated carbocycles. The molecule has 0 unspecified atom stereocenters. The van der Waals surface area contributed by atoms with Crippen molar-refractivity contribution in [1.82, 2.24) is 5.32 Å². The second kappa shape index (κ2) is 7.70. The van der Waals surface area contributed by atoms with Crippen molar-refractivity contribution in [2.45, 2.75) is 11.3 Å². The van der Waals surface area contributed by atoms with Crippen LogP contribution in [0.5, 0.6) is 0 Å². The maximum Gasteiger partial charge on any atom is 0.252 e. The molecule has 130 valence electrons. The molecule has 0 aliphatic carbocycles. The monoisotopic (exact) mass is 358 g/mol. The Bertz CT molecular complexity index is 779. The van der Waals surface area contributed by atoms with E-state index in [0.717, 1.165) is 4.90 Å². The average molecular weight is 358 g/mol. The molecule has 0 radical (unpaired) electrons. The van der Waals surface area contributed by atoms with Gasteiger partial charge >= 0.3 is 0 Å². The maximum absolute atomic E-state index is 13.0. The van der Waals surface area contributed by atoms with Gasteiger partial charge in [-0.1, -0.05) is 12.1 Å². The standard InChI is InChI=1S/C19H19FN2O2S/c1-25-17-5-3-2-4-16(17)19(24)21-11-13-10-18(23)22(12-13)15-8-6-14(20)7-9-15/h2-9,13H,10-12H2,1H3,(H,21,24)/t13-/m0/s1. The van der Waals surface area contributed by atoms with Crippen LogP contribution in [0, 0.1) is 11.7 Å². The van der Waals surface area contributed by atoms with Crippen LogP contribution in [0.25, 0.3) is 0 Å². The van der Waals surface area contributed by atoms with Gasteiger partial charge in [0, 0.05) is 36.0 Å². The quantitative estimate of drug-likeness (QED) is 0.834. The highest BCUT2D eigenvalue weighted by molar-refractivity contribution is 7.98. The number of halogens is 1. The summed E-state index contributed by atoms with van der Waals surface area (Å²) in [5, 5.41) is 2.93. The van der Waals surface area contributed by atoms with Crippen molar-refractivity contribution in [3.05, 3.63) is 59.9 Å². The Balaban J connectivity index is 1.60. The Labute approximate surface area is 150 Å². The number of carbonyl (C=O) groups excluding carboxylic acids is 2. The molecule has 2 aromatic carbocycles. The van der Waals surface area contributed by atoms with E-state index in [1.807, 2.05) is 24.5 Å². The van der Waals surface area contributed by atoms with Crippen LogP contribution >= 0.6 is 11.8 Å². The van der Waals surface area contributed by atoms with E-state index in [4.69, 9.17) is 0 Å². The summed E-state index contributed by atoms with van der Waals surface area (Å²) in [5.41, 5.74) is 1.34. The number of anilines is 1. The predicted octanol–water partition coefficient (Wildman–Crippen LogP) is 3.33. The maximum atomic E-state index is 13.0. The molecule has 25 heavy (non-hydrogen) atoms. The van der Waals surface area contributed by atoms with Crippen molar-refractivity contribution < 1.29 is 14.0 Å². The van der Waals surface area contributed by atoms with Gasteiger partial charge in [0.1, 0.15) is 5.82 Å². The van der Waals surface area contributed by atoms with E-state index in [1.54, 1.807) is 23.1 Å². The lowest BCUT2D eigenvalue weighted by Crippen LogP contribution is -2.31. The molecule has 1 heterocycles. The van der Waals surface area contributed by atoms with Crippen molar-refractivity contribution in [2.24, 2.45) is 5.92 Å². The smallest absolute Gasteiger partial charge is 0.252 e. The van der Waals surface area contributed by atoms with Crippen molar-refractivity contribution in [1.29, 1.82) is 0 Å². The molecular weight excluding hydrogens is 339 g/mol. The number of nitrogens with zero attached hydrogens (tertiary/aromatic N) is 1. The fourth-order valence-electron chi connectivity index (χ4n) is 2.95. The number of amides is 2. The number of nitrogens with one attached hydrogen (secondary N) is 1. The Morgan fingerprint density at radius 3 is 2.68 bits per heavy atom. The lowest BCUT2D eigenvalue weighted by molar-refractivity contribution is -0.117. The largest absolute Gasteiger partial charge is 0.352 e. The molecule has 3 rings (SSSR count). The van der Waals surface area contributed by atoms with Gasteiger partial charge in [-0.15, -0.1) is 11.8 Å². The van der Waals surface area contributed by atoms with Gasteiger partial charge < -0.3 is 10.2 Å². The zero-order valence-corrected chi connectivity index (χ0v) is 14.7. The van der Waals surface area contributed by atoms with Crippen LogP contribution < -0.4 is 10.2 Å². The van der Waals surface area contributed by atoms with Gasteiger partial charge in [-0.05, 0) is 42.7 Å². The summed E-state index contributed by atoms with van der Waals surface area (Å²) in [6.45, 7) is 0.958. The molecule has 6 heteroatoms. The van der Waals surface area contributed by atoms with Crippen LogP contribution in [0.1, 0.15) is 16.8 Å².